The lowest BCUT2D eigenvalue weighted by Crippen LogP contribution is -2.29. The maximum Gasteiger partial charge on any atom is 0.433 e. The first-order valence-corrected chi connectivity index (χ1v) is 7.31. The molecule has 0 radical (unpaired) electrons. The van der Waals surface area contributed by atoms with Gasteiger partial charge in [-0.3, -0.25) is 4.84 Å². The first kappa shape index (κ1) is 14.5. The van der Waals surface area contributed by atoms with E-state index in [2.05, 4.69) is 29.5 Å². The van der Waals surface area contributed by atoms with Gasteiger partial charge in [0.25, 0.3) is 0 Å². The summed E-state index contributed by atoms with van der Waals surface area (Å²) in [5.74, 6) is 0. The summed E-state index contributed by atoms with van der Waals surface area (Å²) in [6.45, 7) is 7.64. The molecule has 106 valence electrons. The van der Waals surface area contributed by atoms with E-state index in [0.717, 1.165) is 4.88 Å². The zero-order chi connectivity index (χ0) is 14.7. The average molecular weight is 290 g/mol. The van der Waals surface area contributed by atoms with Gasteiger partial charge in [0.05, 0.1) is 10.6 Å². The molecule has 1 aromatic carbocycles. The Balaban J connectivity index is 2.20. The van der Waals surface area contributed by atoms with Crippen LogP contribution in [0.25, 0.3) is 10.1 Å². The molecule has 0 aliphatic carbocycles. The van der Waals surface area contributed by atoms with Crippen molar-refractivity contribution in [3.8, 4) is 0 Å². The monoisotopic (exact) mass is 290 g/mol. The highest BCUT2D eigenvalue weighted by Gasteiger charge is 2.11. The van der Waals surface area contributed by atoms with E-state index in [1.807, 2.05) is 32.9 Å². The van der Waals surface area contributed by atoms with Crippen LogP contribution in [0.3, 0.4) is 0 Å². The van der Waals surface area contributed by atoms with E-state index in [-0.39, 0.29) is 6.04 Å². The molecule has 0 fully saturated rings. The molecule has 1 aromatic heterocycles. The van der Waals surface area contributed by atoms with Crippen LogP contribution >= 0.6 is 11.3 Å². The number of oxime groups is 1. The van der Waals surface area contributed by atoms with Crippen molar-refractivity contribution in [3.63, 3.8) is 0 Å². The van der Waals surface area contributed by atoms with Gasteiger partial charge in [0.15, 0.2) is 0 Å². The lowest BCUT2D eigenvalue weighted by atomic mass is 10.1. The zero-order valence-electron chi connectivity index (χ0n) is 12.1. The third kappa shape index (κ3) is 3.17. The molecule has 2 aromatic rings. The van der Waals surface area contributed by atoms with Gasteiger partial charge in [0, 0.05) is 10.7 Å². The maximum absolute atomic E-state index is 11.4. The largest absolute Gasteiger partial charge is 0.433 e. The molecule has 0 spiro atoms. The fourth-order valence-electron chi connectivity index (χ4n) is 1.93. The van der Waals surface area contributed by atoms with Gasteiger partial charge in [-0.1, -0.05) is 23.4 Å². The van der Waals surface area contributed by atoms with Crippen LogP contribution in [0.2, 0.25) is 0 Å². The second kappa shape index (κ2) is 6.05. The summed E-state index contributed by atoms with van der Waals surface area (Å²) in [6, 6.07) is 8.23. The highest BCUT2D eigenvalue weighted by molar-refractivity contribution is 7.21. The van der Waals surface area contributed by atoms with Crippen LogP contribution in [0.5, 0.6) is 0 Å². The predicted molar refractivity (Wildman–Crippen MR) is 83.5 cm³/mol. The molecule has 0 bridgehead atoms. The standard InChI is InChI=1S/C15H18N2O2S/c1-9(2)16-15(18)19-17-11(4)14-10(3)12-7-5-6-8-13(12)20-14/h5-9H,1-4H3,(H,16,18)/b17-11+. The molecule has 5 heteroatoms. The van der Waals surface area contributed by atoms with E-state index in [9.17, 15) is 4.79 Å². The number of hydrogen-bond donors (Lipinski definition) is 1. The van der Waals surface area contributed by atoms with Gasteiger partial charge in [-0.25, -0.2) is 4.79 Å². The molecule has 0 aliphatic heterocycles. The molecule has 0 atom stereocenters. The smallest absolute Gasteiger partial charge is 0.317 e. The number of nitrogens with zero attached hydrogens (tertiary/aromatic N) is 1. The first-order chi connectivity index (χ1) is 9.49. The van der Waals surface area contributed by atoms with Gasteiger partial charge < -0.3 is 5.32 Å². The molecule has 1 heterocycles. The minimum absolute atomic E-state index is 0.0315. The van der Waals surface area contributed by atoms with Gasteiger partial charge in [-0.15, -0.1) is 11.3 Å². The number of amides is 1. The molecular formula is C15H18N2O2S. The average Bonchev–Trinajstić information content (AvgIpc) is 2.73. The molecule has 1 N–H and O–H groups in total. The van der Waals surface area contributed by atoms with Crippen molar-refractivity contribution in [1.82, 2.24) is 5.32 Å². The number of hydrogen-bond acceptors (Lipinski definition) is 4. The summed E-state index contributed by atoms with van der Waals surface area (Å²) < 4.78 is 1.21. The van der Waals surface area contributed by atoms with Crippen molar-refractivity contribution < 1.29 is 9.63 Å². The van der Waals surface area contributed by atoms with Crippen molar-refractivity contribution in [3.05, 3.63) is 34.7 Å². The van der Waals surface area contributed by atoms with Crippen LogP contribution in [0.1, 0.15) is 31.2 Å². The Morgan fingerprint density at radius 1 is 1.35 bits per heavy atom. The molecule has 1 amide bonds. The van der Waals surface area contributed by atoms with Crippen molar-refractivity contribution in [2.75, 3.05) is 0 Å². The molecule has 4 nitrogen and oxygen atoms in total. The summed E-state index contributed by atoms with van der Waals surface area (Å²) in [6.07, 6.45) is -0.530. The van der Waals surface area contributed by atoms with Crippen LogP contribution in [-0.4, -0.2) is 17.8 Å². The molecule has 20 heavy (non-hydrogen) atoms. The molecule has 0 saturated carbocycles. The molecule has 2 rings (SSSR count). The van der Waals surface area contributed by atoms with Gasteiger partial charge in [-0.05, 0) is 44.7 Å². The predicted octanol–water partition coefficient (Wildman–Crippen LogP) is 4.07. The highest BCUT2D eigenvalue weighted by Crippen LogP contribution is 2.30. The summed E-state index contributed by atoms with van der Waals surface area (Å²) in [5.41, 5.74) is 1.88. The number of nitrogens with one attached hydrogen (secondary N) is 1. The number of benzene rings is 1. The Morgan fingerprint density at radius 2 is 2.05 bits per heavy atom. The topological polar surface area (TPSA) is 50.7 Å². The van der Waals surface area contributed by atoms with E-state index < -0.39 is 6.09 Å². The SMILES string of the molecule is C/C(=N\OC(=O)NC(C)C)c1sc2ccccc2c1C. The summed E-state index contributed by atoms with van der Waals surface area (Å²) in [5, 5.41) is 7.76. The van der Waals surface area contributed by atoms with E-state index >= 15 is 0 Å². The maximum atomic E-state index is 11.4. The Morgan fingerprint density at radius 3 is 2.70 bits per heavy atom. The summed E-state index contributed by atoms with van der Waals surface area (Å²) in [4.78, 5) is 17.3. The zero-order valence-corrected chi connectivity index (χ0v) is 12.9. The highest BCUT2D eigenvalue weighted by atomic mass is 32.1. The Labute approximate surface area is 122 Å². The van der Waals surface area contributed by atoms with Crippen molar-refractivity contribution >= 4 is 33.2 Å². The Kier molecular flexibility index (Phi) is 4.39. The summed E-state index contributed by atoms with van der Waals surface area (Å²) in [7, 11) is 0. The van der Waals surface area contributed by atoms with Crippen LogP contribution < -0.4 is 5.32 Å². The van der Waals surface area contributed by atoms with Crippen molar-refractivity contribution in [2.24, 2.45) is 5.16 Å². The van der Waals surface area contributed by atoms with Gasteiger partial charge in [0.1, 0.15) is 0 Å². The Hall–Kier alpha value is -1.88. The molecule has 0 aliphatic rings. The molecular weight excluding hydrogens is 272 g/mol. The van der Waals surface area contributed by atoms with E-state index in [1.54, 1.807) is 11.3 Å². The number of aryl methyl sites for hydroxylation is 1. The van der Waals surface area contributed by atoms with Gasteiger partial charge in [-0.2, -0.15) is 0 Å². The van der Waals surface area contributed by atoms with Crippen LogP contribution in [0.4, 0.5) is 4.79 Å². The third-order valence-corrected chi connectivity index (χ3v) is 4.23. The first-order valence-electron chi connectivity index (χ1n) is 6.49. The van der Waals surface area contributed by atoms with Crippen LogP contribution in [-0.2, 0) is 4.84 Å². The Bertz CT molecular complexity index is 659. The van der Waals surface area contributed by atoms with Crippen LogP contribution in [0.15, 0.2) is 29.4 Å². The van der Waals surface area contributed by atoms with Crippen molar-refractivity contribution in [2.45, 2.75) is 33.7 Å². The summed E-state index contributed by atoms with van der Waals surface area (Å²) >= 11 is 1.66. The number of rotatable bonds is 3. The number of carbonyl (C=O) groups excluding carboxylic acids is 1. The third-order valence-electron chi connectivity index (χ3n) is 2.84. The van der Waals surface area contributed by atoms with Crippen molar-refractivity contribution in [1.29, 1.82) is 0 Å². The quantitative estimate of drug-likeness (QED) is 0.526. The minimum Gasteiger partial charge on any atom is -0.317 e. The lowest BCUT2D eigenvalue weighted by Gasteiger charge is -2.05. The molecule has 0 unspecified atom stereocenters. The fraction of sp³-hybridized carbons (Fsp3) is 0.333. The van der Waals surface area contributed by atoms with Gasteiger partial charge in [0.2, 0.25) is 0 Å². The second-order valence-corrected chi connectivity index (χ2v) is 5.96. The number of thiophene rings is 1. The number of fused-ring (bicyclic) bond motifs is 1. The van der Waals surface area contributed by atoms with E-state index in [1.165, 1.54) is 15.6 Å². The molecule has 0 saturated heterocycles. The lowest BCUT2D eigenvalue weighted by molar-refractivity contribution is 0.148. The van der Waals surface area contributed by atoms with E-state index in [0.29, 0.717) is 5.71 Å². The normalized spacial score (nSPS) is 11.9. The van der Waals surface area contributed by atoms with Gasteiger partial charge >= 0.3 is 6.09 Å². The number of carbonyl (C=O) groups is 1. The van der Waals surface area contributed by atoms with Crippen LogP contribution in [0, 0.1) is 6.92 Å². The van der Waals surface area contributed by atoms with E-state index in [4.69, 9.17) is 4.84 Å². The minimum atomic E-state index is -0.530. The fourth-order valence-corrected chi connectivity index (χ4v) is 3.08. The second-order valence-electron chi connectivity index (χ2n) is 4.91.